The van der Waals surface area contributed by atoms with E-state index in [9.17, 15) is 0 Å². The number of nitrogens with one attached hydrogen (secondary N) is 2. The van der Waals surface area contributed by atoms with Crippen molar-refractivity contribution in [3.05, 3.63) is 22.2 Å². The van der Waals surface area contributed by atoms with Gasteiger partial charge in [0, 0.05) is 17.6 Å². The zero-order chi connectivity index (χ0) is 14.8. The molecule has 0 aliphatic rings. The molecule has 0 unspecified atom stereocenters. The first-order valence-corrected chi connectivity index (χ1v) is 7.45. The number of rotatable bonds is 10. The van der Waals surface area contributed by atoms with Gasteiger partial charge in [0.05, 0.1) is 20.8 Å². The predicted octanol–water partition coefficient (Wildman–Crippen LogP) is 1.53. The number of ether oxygens (including phenoxy) is 2. The predicted molar refractivity (Wildman–Crippen MR) is 83.5 cm³/mol. The van der Waals surface area contributed by atoms with Gasteiger partial charge < -0.3 is 25.2 Å². The lowest BCUT2D eigenvalue weighted by atomic mass is 10.2. The minimum absolute atomic E-state index is 0.187. The van der Waals surface area contributed by atoms with Gasteiger partial charge in [0.15, 0.2) is 11.5 Å². The highest BCUT2D eigenvalue weighted by Crippen LogP contribution is 2.33. The fourth-order valence-electron chi connectivity index (χ4n) is 1.80. The monoisotopic (exact) mass is 346 g/mol. The van der Waals surface area contributed by atoms with E-state index in [1.807, 2.05) is 12.1 Å². The summed E-state index contributed by atoms with van der Waals surface area (Å²) in [6.07, 6.45) is 1.02. The van der Waals surface area contributed by atoms with Gasteiger partial charge in [-0.3, -0.25) is 0 Å². The third-order valence-corrected chi connectivity index (χ3v) is 3.60. The zero-order valence-electron chi connectivity index (χ0n) is 12.0. The maximum atomic E-state index is 8.63. The quantitative estimate of drug-likeness (QED) is 0.561. The minimum Gasteiger partial charge on any atom is -0.493 e. The van der Waals surface area contributed by atoms with Crippen LogP contribution in [-0.2, 0) is 6.54 Å². The number of halogens is 1. The largest absolute Gasteiger partial charge is 0.493 e. The standard InChI is InChI=1S/C14H23BrN2O3/c1-19-13-8-11(12(15)9-14(13)20-2)10-17-5-3-4-16-6-7-18/h8-9,16-18H,3-7,10H2,1-2H3. The lowest BCUT2D eigenvalue weighted by Crippen LogP contribution is -2.24. The summed E-state index contributed by atoms with van der Waals surface area (Å²) in [5.41, 5.74) is 1.13. The lowest BCUT2D eigenvalue weighted by molar-refractivity contribution is 0.292. The van der Waals surface area contributed by atoms with Crippen molar-refractivity contribution in [2.45, 2.75) is 13.0 Å². The number of benzene rings is 1. The lowest BCUT2D eigenvalue weighted by Gasteiger charge is -2.12. The van der Waals surface area contributed by atoms with Gasteiger partial charge in [-0.1, -0.05) is 15.9 Å². The maximum absolute atomic E-state index is 8.63. The molecule has 20 heavy (non-hydrogen) atoms. The Kier molecular flexibility index (Phi) is 8.60. The Hall–Kier alpha value is -0.820. The Morgan fingerprint density at radius 3 is 2.35 bits per heavy atom. The van der Waals surface area contributed by atoms with Crippen LogP contribution in [0.25, 0.3) is 0 Å². The van der Waals surface area contributed by atoms with E-state index < -0.39 is 0 Å². The van der Waals surface area contributed by atoms with Crippen LogP contribution in [0.4, 0.5) is 0 Å². The molecular weight excluding hydrogens is 324 g/mol. The first kappa shape index (κ1) is 17.2. The molecule has 114 valence electrons. The summed E-state index contributed by atoms with van der Waals surface area (Å²) in [7, 11) is 3.26. The molecule has 0 saturated carbocycles. The van der Waals surface area contributed by atoms with E-state index in [1.165, 1.54) is 0 Å². The summed E-state index contributed by atoms with van der Waals surface area (Å²) in [6, 6.07) is 3.89. The molecule has 0 aliphatic heterocycles. The van der Waals surface area contributed by atoms with Crippen LogP contribution in [0, 0.1) is 0 Å². The van der Waals surface area contributed by atoms with E-state index in [0.717, 1.165) is 47.6 Å². The summed E-state index contributed by atoms with van der Waals surface area (Å²) >= 11 is 3.54. The van der Waals surface area contributed by atoms with Crippen molar-refractivity contribution in [2.75, 3.05) is 40.5 Å². The van der Waals surface area contributed by atoms with Gasteiger partial charge in [0.2, 0.25) is 0 Å². The third-order valence-electron chi connectivity index (χ3n) is 2.86. The topological polar surface area (TPSA) is 62.8 Å². The van der Waals surface area contributed by atoms with Crippen molar-refractivity contribution in [1.29, 1.82) is 0 Å². The van der Waals surface area contributed by atoms with Gasteiger partial charge in [-0.15, -0.1) is 0 Å². The van der Waals surface area contributed by atoms with Gasteiger partial charge >= 0.3 is 0 Å². The van der Waals surface area contributed by atoms with Crippen molar-refractivity contribution in [3.63, 3.8) is 0 Å². The molecule has 3 N–H and O–H groups in total. The van der Waals surface area contributed by atoms with Crippen molar-refractivity contribution < 1.29 is 14.6 Å². The highest BCUT2D eigenvalue weighted by molar-refractivity contribution is 9.10. The Bertz CT molecular complexity index is 402. The van der Waals surface area contributed by atoms with Crippen LogP contribution >= 0.6 is 15.9 Å². The van der Waals surface area contributed by atoms with Crippen LogP contribution in [0.3, 0.4) is 0 Å². The fourth-order valence-corrected chi connectivity index (χ4v) is 2.26. The summed E-state index contributed by atoms with van der Waals surface area (Å²) in [6.45, 7) is 3.42. The van der Waals surface area contributed by atoms with Crippen LogP contribution in [0.2, 0.25) is 0 Å². The molecule has 6 heteroatoms. The number of methoxy groups -OCH3 is 2. The molecule has 0 radical (unpaired) electrons. The molecule has 0 aliphatic carbocycles. The number of aliphatic hydroxyl groups excluding tert-OH is 1. The van der Waals surface area contributed by atoms with E-state index in [-0.39, 0.29) is 6.61 Å². The Morgan fingerprint density at radius 2 is 1.70 bits per heavy atom. The Balaban J connectivity index is 2.40. The van der Waals surface area contributed by atoms with Crippen molar-refractivity contribution in [3.8, 4) is 11.5 Å². The second-order valence-corrected chi connectivity index (χ2v) is 5.16. The summed E-state index contributed by atoms with van der Waals surface area (Å²) in [4.78, 5) is 0. The van der Waals surface area contributed by atoms with E-state index in [0.29, 0.717) is 6.54 Å². The van der Waals surface area contributed by atoms with Gasteiger partial charge in [0.1, 0.15) is 0 Å². The zero-order valence-corrected chi connectivity index (χ0v) is 13.6. The first-order chi connectivity index (χ1) is 9.72. The summed E-state index contributed by atoms with van der Waals surface area (Å²) in [5, 5.41) is 15.2. The Morgan fingerprint density at radius 1 is 1.05 bits per heavy atom. The first-order valence-electron chi connectivity index (χ1n) is 6.65. The molecule has 0 aromatic heterocycles. The molecule has 1 aromatic rings. The normalized spacial score (nSPS) is 10.6. The number of hydrogen-bond donors (Lipinski definition) is 3. The average molecular weight is 347 g/mol. The second-order valence-electron chi connectivity index (χ2n) is 4.30. The van der Waals surface area contributed by atoms with Crippen molar-refractivity contribution in [2.24, 2.45) is 0 Å². The third kappa shape index (κ3) is 5.66. The van der Waals surface area contributed by atoms with Crippen LogP contribution in [-0.4, -0.2) is 45.6 Å². The van der Waals surface area contributed by atoms with Crippen molar-refractivity contribution in [1.82, 2.24) is 10.6 Å². The molecule has 1 aromatic carbocycles. The van der Waals surface area contributed by atoms with E-state index in [2.05, 4.69) is 26.6 Å². The highest BCUT2D eigenvalue weighted by Gasteiger charge is 2.08. The van der Waals surface area contributed by atoms with Gasteiger partial charge in [0.25, 0.3) is 0 Å². The van der Waals surface area contributed by atoms with Crippen molar-refractivity contribution >= 4 is 15.9 Å². The van der Waals surface area contributed by atoms with Gasteiger partial charge in [-0.05, 0) is 37.2 Å². The molecule has 5 nitrogen and oxygen atoms in total. The molecule has 0 amide bonds. The van der Waals surface area contributed by atoms with Gasteiger partial charge in [-0.25, -0.2) is 0 Å². The molecular formula is C14H23BrN2O3. The highest BCUT2D eigenvalue weighted by atomic mass is 79.9. The molecule has 0 saturated heterocycles. The SMILES string of the molecule is COc1cc(Br)c(CNCCCNCCO)cc1OC. The minimum atomic E-state index is 0.187. The van der Waals surface area contributed by atoms with Crippen LogP contribution < -0.4 is 20.1 Å². The molecule has 0 bridgehead atoms. The van der Waals surface area contributed by atoms with Gasteiger partial charge in [-0.2, -0.15) is 0 Å². The Labute approximate surface area is 128 Å². The van der Waals surface area contributed by atoms with E-state index in [4.69, 9.17) is 14.6 Å². The number of hydrogen-bond acceptors (Lipinski definition) is 5. The smallest absolute Gasteiger partial charge is 0.161 e. The van der Waals surface area contributed by atoms with E-state index in [1.54, 1.807) is 14.2 Å². The van der Waals surface area contributed by atoms with Crippen LogP contribution in [0.5, 0.6) is 11.5 Å². The number of aliphatic hydroxyl groups is 1. The molecule has 0 spiro atoms. The molecule has 0 fully saturated rings. The average Bonchev–Trinajstić information content (AvgIpc) is 2.47. The summed E-state index contributed by atoms with van der Waals surface area (Å²) in [5.74, 6) is 1.45. The molecule has 1 rings (SSSR count). The molecule has 0 heterocycles. The second kappa shape index (κ2) is 9.99. The van der Waals surface area contributed by atoms with Crippen LogP contribution in [0.1, 0.15) is 12.0 Å². The fraction of sp³-hybridized carbons (Fsp3) is 0.571. The molecule has 0 atom stereocenters. The summed E-state index contributed by atoms with van der Waals surface area (Å²) < 4.78 is 11.5. The van der Waals surface area contributed by atoms with Crippen LogP contribution in [0.15, 0.2) is 16.6 Å². The van der Waals surface area contributed by atoms with E-state index >= 15 is 0 Å². The maximum Gasteiger partial charge on any atom is 0.161 e.